The molecule has 100 valence electrons. The first-order valence-corrected chi connectivity index (χ1v) is 6.78. The van der Waals surface area contributed by atoms with Gasteiger partial charge in [-0.1, -0.05) is 0 Å². The van der Waals surface area contributed by atoms with Crippen LogP contribution >= 0.6 is 11.3 Å². The van der Waals surface area contributed by atoms with Gasteiger partial charge in [0.1, 0.15) is 5.82 Å². The van der Waals surface area contributed by atoms with Crippen LogP contribution in [0, 0.1) is 12.7 Å². The molecular weight excluding hydrogens is 263 g/mol. The van der Waals surface area contributed by atoms with E-state index in [9.17, 15) is 9.18 Å². The Kier molecular flexibility index (Phi) is 4.16. The highest BCUT2D eigenvalue weighted by atomic mass is 32.1. The van der Waals surface area contributed by atoms with E-state index >= 15 is 0 Å². The van der Waals surface area contributed by atoms with Gasteiger partial charge in [-0.25, -0.2) is 4.39 Å². The summed E-state index contributed by atoms with van der Waals surface area (Å²) in [6.07, 6.45) is 0. The molecule has 1 aromatic heterocycles. The maximum atomic E-state index is 13.5. The van der Waals surface area contributed by atoms with Gasteiger partial charge in [0.25, 0.3) is 0 Å². The van der Waals surface area contributed by atoms with Gasteiger partial charge in [0.15, 0.2) is 0 Å². The van der Waals surface area contributed by atoms with E-state index in [2.05, 4.69) is 23.6 Å². The lowest BCUT2D eigenvalue weighted by molar-refractivity contribution is -0.114. The molecule has 0 saturated heterocycles. The Bertz CT molecular complexity index is 595. The molecule has 0 fully saturated rings. The Hall–Kier alpha value is -1.88. The average Bonchev–Trinajstić information content (AvgIpc) is 2.75. The van der Waals surface area contributed by atoms with Crippen molar-refractivity contribution in [1.82, 2.24) is 0 Å². The minimum atomic E-state index is -0.437. The number of hydrogen-bond donors (Lipinski definition) is 2. The van der Waals surface area contributed by atoms with Crippen molar-refractivity contribution in [2.75, 3.05) is 10.6 Å². The van der Waals surface area contributed by atoms with E-state index in [1.54, 1.807) is 23.5 Å². The van der Waals surface area contributed by atoms with Gasteiger partial charge in [0.2, 0.25) is 5.91 Å². The fourth-order valence-corrected chi connectivity index (χ4v) is 2.53. The molecule has 2 N–H and O–H groups in total. The van der Waals surface area contributed by atoms with E-state index in [1.165, 1.54) is 23.4 Å². The fourth-order valence-electron chi connectivity index (χ4n) is 1.69. The van der Waals surface area contributed by atoms with Crippen LogP contribution in [-0.2, 0) is 11.3 Å². The number of aryl methyl sites for hydroxylation is 1. The molecule has 1 aromatic carbocycles. The van der Waals surface area contributed by atoms with E-state index in [-0.39, 0.29) is 11.6 Å². The predicted molar refractivity (Wildman–Crippen MR) is 77.1 cm³/mol. The third kappa shape index (κ3) is 3.54. The molecule has 2 aromatic rings. The van der Waals surface area contributed by atoms with Crippen LogP contribution in [0.1, 0.15) is 17.4 Å². The molecule has 19 heavy (non-hydrogen) atoms. The van der Waals surface area contributed by atoms with Crippen molar-refractivity contribution in [2.45, 2.75) is 20.4 Å². The Morgan fingerprint density at radius 2 is 2.16 bits per heavy atom. The Labute approximate surface area is 115 Å². The molecule has 0 atom stereocenters. The molecule has 0 bridgehead atoms. The summed E-state index contributed by atoms with van der Waals surface area (Å²) in [5.41, 5.74) is 2.21. The van der Waals surface area contributed by atoms with Crippen LogP contribution in [0.15, 0.2) is 29.6 Å². The van der Waals surface area contributed by atoms with Crippen LogP contribution in [0.2, 0.25) is 0 Å². The topological polar surface area (TPSA) is 41.1 Å². The lowest BCUT2D eigenvalue weighted by atomic mass is 10.2. The van der Waals surface area contributed by atoms with E-state index < -0.39 is 5.82 Å². The van der Waals surface area contributed by atoms with Crippen LogP contribution in [0.3, 0.4) is 0 Å². The largest absolute Gasteiger partial charge is 0.380 e. The number of thiophene rings is 1. The third-order valence-corrected chi connectivity index (χ3v) is 3.72. The van der Waals surface area contributed by atoms with Crippen molar-refractivity contribution in [2.24, 2.45) is 0 Å². The van der Waals surface area contributed by atoms with Gasteiger partial charge in [-0.3, -0.25) is 4.79 Å². The molecule has 2 rings (SSSR count). The van der Waals surface area contributed by atoms with Crippen LogP contribution in [0.5, 0.6) is 0 Å². The number of nitrogens with one attached hydrogen (secondary N) is 2. The van der Waals surface area contributed by atoms with Gasteiger partial charge in [0.05, 0.1) is 5.69 Å². The summed E-state index contributed by atoms with van der Waals surface area (Å²) in [5, 5.41) is 7.73. The van der Waals surface area contributed by atoms with Gasteiger partial charge in [0, 0.05) is 24.0 Å². The van der Waals surface area contributed by atoms with Crippen LogP contribution in [0.25, 0.3) is 0 Å². The highest BCUT2D eigenvalue weighted by molar-refractivity contribution is 7.10. The van der Waals surface area contributed by atoms with Crippen LogP contribution in [0.4, 0.5) is 15.8 Å². The number of carbonyl (C=O) groups excluding carboxylic acids is 1. The molecule has 1 amide bonds. The van der Waals surface area contributed by atoms with Crippen molar-refractivity contribution in [3.63, 3.8) is 0 Å². The minimum Gasteiger partial charge on any atom is -0.380 e. The first-order chi connectivity index (χ1) is 9.06. The smallest absolute Gasteiger partial charge is 0.221 e. The van der Waals surface area contributed by atoms with Crippen molar-refractivity contribution >= 4 is 28.6 Å². The van der Waals surface area contributed by atoms with Crippen LogP contribution < -0.4 is 10.6 Å². The number of halogens is 1. The lowest BCUT2D eigenvalue weighted by Gasteiger charge is -2.09. The molecule has 3 nitrogen and oxygen atoms in total. The number of hydrogen-bond acceptors (Lipinski definition) is 3. The number of amides is 1. The summed E-state index contributed by atoms with van der Waals surface area (Å²) in [6.45, 7) is 4.10. The monoisotopic (exact) mass is 278 g/mol. The van der Waals surface area contributed by atoms with Gasteiger partial charge >= 0.3 is 0 Å². The zero-order valence-corrected chi connectivity index (χ0v) is 11.6. The number of carbonyl (C=O) groups is 1. The summed E-state index contributed by atoms with van der Waals surface area (Å²) in [6, 6.07) is 6.66. The van der Waals surface area contributed by atoms with Gasteiger partial charge < -0.3 is 10.6 Å². The maximum absolute atomic E-state index is 13.5. The summed E-state index contributed by atoms with van der Waals surface area (Å²) >= 11 is 1.68. The van der Waals surface area contributed by atoms with Gasteiger partial charge in [-0.05, 0) is 42.1 Å². The maximum Gasteiger partial charge on any atom is 0.221 e. The molecule has 0 aliphatic carbocycles. The van der Waals surface area contributed by atoms with E-state index in [1.807, 2.05) is 5.38 Å². The molecule has 0 spiro atoms. The highest BCUT2D eigenvalue weighted by Gasteiger charge is 2.06. The molecule has 0 aliphatic rings. The third-order valence-electron chi connectivity index (χ3n) is 2.70. The number of anilines is 2. The normalized spacial score (nSPS) is 10.3. The average molecular weight is 278 g/mol. The van der Waals surface area contributed by atoms with Crippen molar-refractivity contribution in [3.8, 4) is 0 Å². The first-order valence-electron chi connectivity index (χ1n) is 5.90. The lowest BCUT2D eigenvalue weighted by Crippen LogP contribution is -2.08. The quantitative estimate of drug-likeness (QED) is 0.894. The zero-order valence-electron chi connectivity index (χ0n) is 10.8. The molecule has 5 heteroatoms. The Balaban J connectivity index is 2.08. The van der Waals surface area contributed by atoms with Gasteiger partial charge in [-0.2, -0.15) is 0 Å². The molecule has 1 heterocycles. The second kappa shape index (κ2) is 5.84. The van der Waals surface area contributed by atoms with Crippen molar-refractivity contribution < 1.29 is 9.18 Å². The SMILES string of the molecule is CC(=O)Nc1cc(NCc2sccc2C)ccc1F. The van der Waals surface area contributed by atoms with Crippen molar-refractivity contribution in [3.05, 3.63) is 45.9 Å². The molecule has 0 unspecified atom stereocenters. The standard InChI is InChI=1S/C14H15FN2OS/c1-9-5-6-19-14(9)8-16-11-3-4-12(15)13(7-11)17-10(2)18/h3-7,16H,8H2,1-2H3,(H,17,18). The second-order valence-electron chi connectivity index (χ2n) is 4.26. The second-order valence-corrected chi connectivity index (χ2v) is 5.26. The summed E-state index contributed by atoms with van der Waals surface area (Å²) < 4.78 is 13.5. The highest BCUT2D eigenvalue weighted by Crippen LogP contribution is 2.22. The molecule has 0 saturated carbocycles. The number of rotatable bonds is 4. The first kappa shape index (κ1) is 13.5. The number of benzene rings is 1. The molecular formula is C14H15FN2OS. The summed E-state index contributed by atoms with van der Waals surface area (Å²) in [5.74, 6) is -0.724. The van der Waals surface area contributed by atoms with Gasteiger partial charge in [-0.15, -0.1) is 11.3 Å². The Morgan fingerprint density at radius 3 is 2.79 bits per heavy atom. The summed E-state index contributed by atoms with van der Waals surface area (Å²) in [4.78, 5) is 12.2. The summed E-state index contributed by atoms with van der Waals surface area (Å²) in [7, 11) is 0. The van der Waals surface area contributed by atoms with E-state index in [0.29, 0.717) is 6.54 Å². The zero-order chi connectivity index (χ0) is 13.8. The Morgan fingerprint density at radius 1 is 1.37 bits per heavy atom. The van der Waals surface area contributed by atoms with Crippen LogP contribution in [-0.4, -0.2) is 5.91 Å². The minimum absolute atomic E-state index is 0.195. The van der Waals surface area contributed by atoms with E-state index in [0.717, 1.165) is 5.69 Å². The van der Waals surface area contributed by atoms with E-state index in [4.69, 9.17) is 0 Å². The predicted octanol–water partition coefficient (Wildman–Crippen LogP) is 3.77. The fraction of sp³-hybridized carbons (Fsp3) is 0.214. The van der Waals surface area contributed by atoms with Crippen molar-refractivity contribution in [1.29, 1.82) is 0 Å². The molecule has 0 aliphatic heterocycles. The molecule has 0 radical (unpaired) electrons.